The van der Waals surface area contributed by atoms with Crippen molar-refractivity contribution in [1.82, 2.24) is 15.3 Å². The number of hydrogen-bond donors (Lipinski definition) is 2. The highest BCUT2D eigenvalue weighted by Crippen LogP contribution is 2.33. The van der Waals surface area contributed by atoms with Crippen molar-refractivity contribution in [3.63, 3.8) is 0 Å². The molecule has 1 aromatic heterocycles. The first kappa shape index (κ1) is 14.0. The molecule has 1 atom stereocenters. The summed E-state index contributed by atoms with van der Waals surface area (Å²) in [7, 11) is 3.48. The van der Waals surface area contributed by atoms with Gasteiger partial charge in [-0.2, -0.15) is 0 Å². The van der Waals surface area contributed by atoms with Gasteiger partial charge in [0, 0.05) is 20.6 Å². The van der Waals surface area contributed by atoms with Crippen LogP contribution in [0.2, 0.25) is 0 Å². The smallest absolute Gasteiger partial charge is 0.242 e. The van der Waals surface area contributed by atoms with Crippen LogP contribution < -0.4 is 15.5 Å². The minimum Gasteiger partial charge on any atom is -0.372 e. The highest BCUT2D eigenvalue weighted by atomic mass is 79.9. The lowest BCUT2D eigenvalue weighted by Gasteiger charge is -2.35. The molecule has 2 heterocycles. The number of nitrogens with one attached hydrogen (secondary N) is 2. The molecule has 1 fully saturated rings. The Morgan fingerprint density at radius 2 is 2.21 bits per heavy atom. The van der Waals surface area contributed by atoms with Crippen molar-refractivity contribution in [3.8, 4) is 0 Å². The number of aromatic nitrogens is 2. The number of likely N-dealkylation sites (N-methyl/N-ethyl adjacent to an activating group) is 1. The lowest BCUT2D eigenvalue weighted by atomic mass is 10.0. The number of rotatable bonds is 3. The van der Waals surface area contributed by atoms with E-state index in [0.717, 1.165) is 41.9 Å². The second-order valence-electron chi connectivity index (χ2n) is 4.43. The minimum absolute atomic E-state index is 0.0382. The molecule has 0 saturated carbocycles. The van der Waals surface area contributed by atoms with Gasteiger partial charge in [0.2, 0.25) is 5.91 Å². The maximum absolute atomic E-state index is 12.0. The molecule has 0 radical (unpaired) electrons. The maximum atomic E-state index is 12.0. The summed E-state index contributed by atoms with van der Waals surface area (Å²) in [6.07, 6.45) is 4.50. The molecule has 0 aliphatic carbocycles. The number of halogens is 1. The van der Waals surface area contributed by atoms with E-state index in [0.29, 0.717) is 0 Å². The first-order chi connectivity index (χ1) is 9.19. The van der Waals surface area contributed by atoms with Crippen molar-refractivity contribution in [2.45, 2.75) is 25.3 Å². The molecule has 7 heteroatoms. The SMILES string of the molecule is CNC(=O)C1CCCCN1c1ncnc(NC)c1Br. The fourth-order valence-electron chi connectivity index (χ4n) is 2.36. The van der Waals surface area contributed by atoms with Crippen molar-refractivity contribution < 1.29 is 4.79 Å². The zero-order valence-electron chi connectivity index (χ0n) is 11.1. The van der Waals surface area contributed by atoms with Gasteiger partial charge in [-0.1, -0.05) is 0 Å². The predicted octanol–water partition coefficient (Wildman–Crippen LogP) is 1.39. The molecule has 1 unspecified atom stereocenters. The number of carbonyl (C=O) groups is 1. The molecule has 1 aliphatic heterocycles. The van der Waals surface area contributed by atoms with E-state index in [4.69, 9.17) is 0 Å². The van der Waals surface area contributed by atoms with Crippen molar-refractivity contribution in [3.05, 3.63) is 10.8 Å². The van der Waals surface area contributed by atoms with E-state index in [2.05, 4.69) is 41.4 Å². The van der Waals surface area contributed by atoms with Gasteiger partial charge in [0.1, 0.15) is 28.5 Å². The fourth-order valence-corrected chi connectivity index (χ4v) is 2.99. The number of hydrogen-bond acceptors (Lipinski definition) is 5. The van der Waals surface area contributed by atoms with Crippen LogP contribution in [0.1, 0.15) is 19.3 Å². The Morgan fingerprint density at radius 3 is 2.89 bits per heavy atom. The average molecular weight is 328 g/mol. The van der Waals surface area contributed by atoms with Crippen LogP contribution in [0, 0.1) is 0 Å². The largest absolute Gasteiger partial charge is 0.372 e. The minimum atomic E-state index is -0.158. The van der Waals surface area contributed by atoms with E-state index in [9.17, 15) is 4.79 Å². The Kier molecular flexibility index (Phi) is 4.57. The second-order valence-corrected chi connectivity index (χ2v) is 5.22. The second kappa shape index (κ2) is 6.18. The van der Waals surface area contributed by atoms with E-state index >= 15 is 0 Å². The van der Waals surface area contributed by atoms with E-state index in [1.54, 1.807) is 7.05 Å². The van der Waals surface area contributed by atoms with E-state index < -0.39 is 0 Å². The van der Waals surface area contributed by atoms with Crippen molar-refractivity contribution >= 4 is 33.5 Å². The number of piperidine rings is 1. The molecule has 2 N–H and O–H groups in total. The molecule has 104 valence electrons. The molecular weight excluding hydrogens is 310 g/mol. The van der Waals surface area contributed by atoms with E-state index in [-0.39, 0.29) is 11.9 Å². The highest BCUT2D eigenvalue weighted by molar-refractivity contribution is 9.10. The maximum Gasteiger partial charge on any atom is 0.242 e. The summed E-state index contributed by atoms with van der Waals surface area (Å²) in [5, 5.41) is 5.74. The first-order valence-corrected chi connectivity index (χ1v) is 7.14. The van der Waals surface area contributed by atoms with Gasteiger partial charge >= 0.3 is 0 Å². The van der Waals surface area contributed by atoms with Gasteiger partial charge in [-0.15, -0.1) is 0 Å². The molecule has 0 aromatic carbocycles. The first-order valence-electron chi connectivity index (χ1n) is 6.35. The van der Waals surface area contributed by atoms with Crippen LogP contribution in [0.5, 0.6) is 0 Å². The lowest BCUT2D eigenvalue weighted by Crippen LogP contribution is -2.49. The Labute approximate surface area is 121 Å². The molecule has 1 aromatic rings. The molecule has 0 bridgehead atoms. The Hall–Kier alpha value is -1.37. The van der Waals surface area contributed by atoms with Crippen LogP contribution in [0.4, 0.5) is 11.6 Å². The summed E-state index contributed by atoms with van der Waals surface area (Å²) in [4.78, 5) is 22.5. The number of amides is 1. The van der Waals surface area contributed by atoms with Crippen LogP contribution >= 0.6 is 15.9 Å². The van der Waals surface area contributed by atoms with Crippen LogP contribution in [-0.2, 0) is 4.79 Å². The fraction of sp³-hybridized carbons (Fsp3) is 0.583. The quantitative estimate of drug-likeness (QED) is 0.877. The standard InChI is InChI=1S/C12H18BrN5O/c1-14-10-9(13)11(17-7-16-10)18-6-4-3-5-8(18)12(19)15-2/h7-8H,3-6H2,1-2H3,(H,15,19)(H,14,16,17). The highest BCUT2D eigenvalue weighted by Gasteiger charge is 2.30. The summed E-state index contributed by atoms with van der Waals surface area (Å²) in [6.45, 7) is 0.830. The molecule has 6 nitrogen and oxygen atoms in total. The zero-order chi connectivity index (χ0) is 13.8. The zero-order valence-corrected chi connectivity index (χ0v) is 12.7. The van der Waals surface area contributed by atoms with E-state index in [1.807, 2.05) is 7.05 Å². The molecule has 2 rings (SSSR count). The third-order valence-corrected chi connectivity index (χ3v) is 4.06. The third-order valence-electron chi connectivity index (χ3n) is 3.33. The summed E-state index contributed by atoms with van der Waals surface area (Å²) in [6, 6.07) is -0.158. The molecule has 1 saturated heterocycles. The van der Waals surface area contributed by atoms with Crippen LogP contribution in [-0.4, -0.2) is 42.6 Å². The Balaban J connectivity index is 2.35. The van der Waals surface area contributed by atoms with Crippen molar-refractivity contribution in [1.29, 1.82) is 0 Å². The molecular formula is C12H18BrN5O. The number of nitrogens with zero attached hydrogens (tertiary/aromatic N) is 3. The number of anilines is 2. The third kappa shape index (κ3) is 2.80. The van der Waals surface area contributed by atoms with Crippen molar-refractivity contribution in [2.24, 2.45) is 0 Å². The predicted molar refractivity (Wildman–Crippen MR) is 78.3 cm³/mol. The lowest BCUT2D eigenvalue weighted by molar-refractivity contribution is -0.122. The van der Waals surface area contributed by atoms with Gasteiger partial charge in [0.05, 0.1) is 0 Å². The summed E-state index contributed by atoms with van der Waals surface area (Å²) < 4.78 is 0.799. The summed E-state index contributed by atoms with van der Waals surface area (Å²) in [5.74, 6) is 1.54. The van der Waals surface area contributed by atoms with Crippen molar-refractivity contribution in [2.75, 3.05) is 30.9 Å². The Bertz CT molecular complexity index is 467. The monoisotopic (exact) mass is 327 g/mol. The molecule has 19 heavy (non-hydrogen) atoms. The Morgan fingerprint density at radius 1 is 1.42 bits per heavy atom. The molecule has 0 spiro atoms. The summed E-state index contributed by atoms with van der Waals surface area (Å²) in [5.41, 5.74) is 0. The van der Waals surface area contributed by atoms with Gasteiger partial charge in [-0.25, -0.2) is 9.97 Å². The summed E-state index contributed by atoms with van der Waals surface area (Å²) >= 11 is 3.51. The topological polar surface area (TPSA) is 70.2 Å². The average Bonchev–Trinajstić information content (AvgIpc) is 2.47. The van der Waals surface area contributed by atoms with Gasteiger partial charge in [-0.05, 0) is 35.2 Å². The normalized spacial score (nSPS) is 19.1. The molecule has 1 amide bonds. The molecule has 1 aliphatic rings. The van der Waals surface area contributed by atoms with Gasteiger partial charge in [-0.3, -0.25) is 4.79 Å². The van der Waals surface area contributed by atoms with Crippen LogP contribution in [0.25, 0.3) is 0 Å². The van der Waals surface area contributed by atoms with Gasteiger partial charge in [0.15, 0.2) is 0 Å². The van der Waals surface area contributed by atoms with Gasteiger partial charge in [0.25, 0.3) is 0 Å². The van der Waals surface area contributed by atoms with Crippen LogP contribution in [0.15, 0.2) is 10.8 Å². The van der Waals surface area contributed by atoms with Gasteiger partial charge < -0.3 is 15.5 Å². The van der Waals surface area contributed by atoms with Crippen LogP contribution in [0.3, 0.4) is 0 Å². The van der Waals surface area contributed by atoms with E-state index in [1.165, 1.54) is 6.33 Å². The number of carbonyl (C=O) groups excluding carboxylic acids is 1.